The summed E-state index contributed by atoms with van der Waals surface area (Å²) >= 11 is 0. The van der Waals surface area contributed by atoms with Gasteiger partial charge in [-0.1, -0.05) is 12.2 Å². The summed E-state index contributed by atoms with van der Waals surface area (Å²) in [5, 5.41) is 3.41. The van der Waals surface area contributed by atoms with Crippen molar-refractivity contribution in [3.63, 3.8) is 0 Å². The first-order valence-electron chi connectivity index (χ1n) is 10.3. The molecule has 0 unspecified atom stereocenters. The van der Waals surface area contributed by atoms with E-state index in [-0.39, 0.29) is 30.9 Å². The lowest BCUT2D eigenvalue weighted by molar-refractivity contribution is 0.0608. The summed E-state index contributed by atoms with van der Waals surface area (Å²) in [5.74, 6) is 1.56. The molecule has 0 spiro atoms. The number of hydrogen-bond donors (Lipinski definition) is 1. The second kappa shape index (κ2) is 13.9. The van der Waals surface area contributed by atoms with Crippen LogP contribution in [0.15, 0.2) is 49.4 Å². The number of nitrogens with zero attached hydrogens (tertiary/aromatic N) is 6. The lowest BCUT2D eigenvalue weighted by Crippen LogP contribution is -2.54. The van der Waals surface area contributed by atoms with Crippen molar-refractivity contribution in [3.05, 3.63) is 60.6 Å². The normalized spacial score (nSPS) is 15.8. The molecule has 1 aliphatic heterocycles. The van der Waals surface area contributed by atoms with E-state index in [0.717, 1.165) is 42.5 Å². The number of methoxy groups -OCH3 is 1. The predicted octanol–water partition coefficient (Wildman–Crippen LogP) is 2.51. The van der Waals surface area contributed by atoms with Gasteiger partial charge < -0.3 is 19.7 Å². The fourth-order valence-electron chi connectivity index (χ4n) is 3.34. The van der Waals surface area contributed by atoms with Crippen molar-refractivity contribution in [2.75, 3.05) is 51.5 Å². The van der Waals surface area contributed by atoms with Crippen LogP contribution in [-0.4, -0.2) is 77.1 Å². The Hall–Kier alpha value is -2.56. The smallest absolute Gasteiger partial charge is 0.225 e. The van der Waals surface area contributed by atoms with Gasteiger partial charge in [0.15, 0.2) is 0 Å². The SMILES string of the molecule is COCCOC[C@H]1CNCCN1c1ncc(/C=C/c2ccc(-n3ccnc3)nc2)cn1.Cl.Cl. The number of pyridine rings is 1. The third kappa shape index (κ3) is 7.48. The highest BCUT2D eigenvalue weighted by molar-refractivity contribution is 5.85. The zero-order valence-corrected chi connectivity index (χ0v) is 20.0. The van der Waals surface area contributed by atoms with Gasteiger partial charge in [0.1, 0.15) is 12.1 Å². The van der Waals surface area contributed by atoms with E-state index in [4.69, 9.17) is 9.47 Å². The lowest BCUT2D eigenvalue weighted by Gasteiger charge is -2.36. The average molecular weight is 494 g/mol. The molecule has 11 heteroatoms. The number of hydrogen-bond acceptors (Lipinski definition) is 8. The summed E-state index contributed by atoms with van der Waals surface area (Å²) < 4.78 is 12.6. The minimum Gasteiger partial charge on any atom is -0.382 e. The van der Waals surface area contributed by atoms with Crippen LogP contribution in [0.25, 0.3) is 18.0 Å². The van der Waals surface area contributed by atoms with E-state index in [1.807, 2.05) is 53.6 Å². The van der Waals surface area contributed by atoms with Gasteiger partial charge in [-0.25, -0.2) is 19.9 Å². The molecule has 33 heavy (non-hydrogen) atoms. The summed E-state index contributed by atoms with van der Waals surface area (Å²) in [7, 11) is 1.68. The fourth-order valence-corrected chi connectivity index (χ4v) is 3.34. The highest BCUT2D eigenvalue weighted by atomic mass is 35.5. The minimum atomic E-state index is 0. The molecule has 0 amide bonds. The van der Waals surface area contributed by atoms with Gasteiger partial charge in [-0.2, -0.15) is 0 Å². The van der Waals surface area contributed by atoms with Crippen molar-refractivity contribution < 1.29 is 9.47 Å². The Labute approximate surface area is 206 Å². The van der Waals surface area contributed by atoms with Crippen LogP contribution in [0.4, 0.5) is 5.95 Å². The van der Waals surface area contributed by atoms with Crippen LogP contribution in [-0.2, 0) is 9.47 Å². The van der Waals surface area contributed by atoms with E-state index < -0.39 is 0 Å². The van der Waals surface area contributed by atoms with E-state index in [0.29, 0.717) is 19.8 Å². The molecule has 178 valence electrons. The van der Waals surface area contributed by atoms with Gasteiger partial charge in [0, 0.05) is 63.3 Å². The third-order valence-corrected chi connectivity index (χ3v) is 5.02. The molecule has 1 fully saturated rings. The second-order valence-corrected chi connectivity index (χ2v) is 7.19. The van der Waals surface area contributed by atoms with E-state index in [2.05, 4.69) is 30.2 Å². The van der Waals surface area contributed by atoms with Gasteiger partial charge in [-0.05, 0) is 17.7 Å². The van der Waals surface area contributed by atoms with Gasteiger partial charge in [-0.15, -0.1) is 24.8 Å². The van der Waals surface area contributed by atoms with Gasteiger partial charge in [0.05, 0.1) is 25.9 Å². The first kappa shape index (κ1) is 26.7. The van der Waals surface area contributed by atoms with Crippen LogP contribution in [0.1, 0.15) is 11.1 Å². The van der Waals surface area contributed by atoms with Crippen LogP contribution in [0.2, 0.25) is 0 Å². The Kier molecular flexibility index (Phi) is 11.2. The van der Waals surface area contributed by atoms with Crippen LogP contribution >= 0.6 is 24.8 Å². The van der Waals surface area contributed by atoms with E-state index >= 15 is 0 Å². The van der Waals surface area contributed by atoms with Gasteiger partial charge in [0.2, 0.25) is 5.95 Å². The molecular weight excluding hydrogens is 465 g/mol. The van der Waals surface area contributed by atoms with Crippen molar-refractivity contribution in [1.82, 2.24) is 29.8 Å². The molecule has 1 aliphatic rings. The first-order chi connectivity index (χ1) is 15.3. The van der Waals surface area contributed by atoms with E-state index in [1.54, 1.807) is 19.6 Å². The number of nitrogens with one attached hydrogen (secondary N) is 1. The molecule has 4 rings (SSSR count). The minimum absolute atomic E-state index is 0. The largest absolute Gasteiger partial charge is 0.382 e. The van der Waals surface area contributed by atoms with Crippen molar-refractivity contribution in [3.8, 4) is 5.82 Å². The highest BCUT2D eigenvalue weighted by Gasteiger charge is 2.24. The van der Waals surface area contributed by atoms with Crippen molar-refractivity contribution in [2.24, 2.45) is 0 Å². The molecule has 9 nitrogen and oxygen atoms in total. The monoisotopic (exact) mass is 493 g/mol. The molecule has 0 aromatic carbocycles. The highest BCUT2D eigenvalue weighted by Crippen LogP contribution is 2.15. The molecule has 0 radical (unpaired) electrons. The molecule has 4 heterocycles. The Bertz CT molecular complexity index is 954. The Morgan fingerprint density at radius 3 is 2.55 bits per heavy atom. The summed E-state index contributed by atoms with van der Waals surface area (Å²) in [6, 6.07) is 4.18. The van der Waals surface area contributed by atoms with E-state index in [1.165, 1.54) is 0 Å². The molecule has 0 saturated carbocycles. The number of ether oxygens (including phenoxy) is 2. The fraction of sp³-hybridized carbons (Fsp3) is 0.364. The zero-order valence-electron chi connectivity index (χ0n) is 18.4. The molecule has 1 saturated heterocycles. The van der Waals surface area contributed by atoms with Gasteiger partial charge in [0.25, 0.3) is 0 Å². The topological polar surface area (TPSA) is 90.2 Å². The Morgan fingerprint density at radius 2 is 1.85 bits per heavy atom. The zero-order chi connectivity index (χ0) is 21.3. The van der Waals surface area contributed by atoms with E-state index in [9.17, 15) is 0 Å². The van der Waals surface area contributed by atoms with Crippen molar-refractivity contribution in [1.29, 1.82) is 0 Å². The Balaban J connectivity index is 0.00000193. The molecule has 1 atom stereocenters. The maximum absolute atomic E-state index is 5.72. The predicted molar refractivity (Wildman–Crippen MR) is 134 cm³/mol. The molecular formula is C22H29Cl2N7O2. The Morgan fingerprint density at radius 1 is 1.06 bits per heavy atom. The second-order valence-electron chi connectivity index (χ2n) is 7.19. The van der Waals surface area contributed by atoms with Crippen LogP contribution < -0.4 is 10.2 Å². The molecule has 3 aromatic heterocycles. The van der Waals surface area contributed by atoms with Gasteiger partial charge >= 0.3 is 0 Å². The maximum Gasteiger partial charge on any atom is 0.225 e. The number of anilines is 1. The first-order valence-corrected chi connectivity index (χ1v) is 10.3. The average Bonchev–Trinajstić information content (AvgIpc) is 3.37. The van der Waals surface area contributed by atoms with Gasteiger partial charge in [-0.3, -0.25) is 4.57 Å². The number of piperazine rings is 1. The number of halogens is 2. The van der Waals surface area contributed by atoms with Crippen LogP contribution in [0, 0.1) is 0 Å². The summed E-state index contributed by atoms with van der Waals surface area (Å²) in [5.41, 5.74) is 1.94. The van der Waals surface area contributed by atoms with Crippen molar-refractivity contribution in [2.45, 2.75) is 6.04 Å². The molecule has 3 aromatic rings. The molecule has 1 N–H and O–H groups in total. The maximum atomic E-state index is 5.72. The van der Waals surface area contributed by atoms with Crippen LogP contribution in [0.5, 0.6) is 0 Å². The quantitative estimate of drug-likeness (QED) is 0.454. The summed E-state index contributed by atoms with van der Waals surface area (Å²) in [6.45, 7) is 4.40. The third-order valence-electron chi connectivity index (χ3n) is 5.02. The lowest BCUT2D eigenvalue weighted by atomic mass is 10.2. The standard InChI is InChI=1S/C22H27N7O2.2ClH/c1-30-10-11-31-16-20-15-23-7-9-29(20)22-26-13-19(14-27-22)3-2-18-4-5-21(25-12-18)28-8-6-24-17-28;;/h2-6,8,12-14,17,20,23H,7,9-11,15-16H2,1H3;2*1H/b3-2+;;/t20-;;/m1../s1. The number of imidazole rings is 1. The summed E-state index contributed by atoms with van der Waals surface area (Å²) in [4.78, 5) is 19.9. The number of rotatable bonds is 9. The molecule has 0 aliphatic carbocycles. The van der Waals surface area contributed by atoms with Crippen LogP contribution in [0.3, 0.4) is 0 Å². The van der Waals surface area contributed by atoms with Crippen molar-refractivity contribution >= 4 is 42.9 Å². The molecule has 0 bridgehead atoms. The summed E-state index contributed by atoms with van der Waals surface area (Å²) in [6.07, 6.45) is 14.8. The number of aromatic nitrogens is 5.